The minimum Gasteiger partial charge on any atom is -0.476 e. The lowest BCUT2D eigenvalue weighted by Gasteiger charge is -2.28. The summed E-state index contributed by atoms with van der Waals surface area (Å²) in [4.78, 5) is 16.1. The molecule has 112 valence electrons. The van der Waals surface area contributed by atoms with Crippen LogP contribution in [0.15, 0.2) is 18.3 Å². The molecule has 1 amide bonds. The molecule has 0 saturated heterocycles. The molecule has 0 aliphatic carbocycles. The maximum absolute atomic E-state index is 12.1. The van der Waals surface area contributed by atoms with Crippen molar-refractivity contribution in [2.24, 2.45) is 11.1 Å². The average Bonchev–Trinajstić information content (AvgIpc) is 2.48. The van der Waals surface area contributed by atoms with E-state index in [4.69, 9.17) is 22.1 Å². The number of carbonyl (C=O) groups is 1. The van der Waals surface area contributed by atoms with Gasteiger partial charge in [0, 0.05) is 18.8 Å². The summed E-state index contributed by atoms with van der Waals surface area (Å²) in [5.41, 5.74) is 5.25. The van der Waals surface area contributed by atoms with Gasteiger partial charge in [-0.2, -0.15) is 0 Å². The zero-order valence-electron chi connectivity index (χ0n) is 12.0. The van der Waals surface area contributed by atoms with E-state index < -0.39 is 5.41 Å². The van der Waals surface area contributed by atoms with Gasteiger partial charge in [0.05, 0.1) is 17.0 Å². The van der Waals surface area contributed by atoms with Gasteiger partial charge in [0.2, 0.25) is 11.8 Å². The Kier molecular flexibility index (Phi) is 6.75. The van der Waals surface area contributed by atoms with Gasteiger partial charge >= 0.3 is 0 Å². The standard InChI is InChI=1S/C14H22ClN3O2/c1-3-14(4-2,10-16)13(19)17-7-8-20-12-6-5-11(15)9-18-12/h5-6,9H,3-4,7-8,10,16H2,1-2H3,(H,17,19). The van der Waals surface area contributed by atoms with Crippen LogP contribution in [-0.2, 0) is 4.79 Å². The minimum atomic E-state index is -0.474. The molecule has 1 heterocycles. The van der Waals surface area contributed by atoms with Crippen LogP contribution in [0.2, 0.25) is 5.02 Å². The topological polar surface area (TPSA) is 77.2 Å². The third kappa shape index (κ3) is 4.35. The molecule has 0 fully saturated rings. The van der Waals surface area contributed by atoms with E-state index in [2.05, 4.69) is 10.3 Å². The number of carbonyl (C=O) groups excluding carboxylic acids is 1. The summed E-state index contributed by atoms with van der Waals surface area (Å²) in [5.74, 6) is 0.470. The molecule has 0 spiro atoms. The molecule has 0 radical (unpaired) electrons. The SMILES string of the molecule is CCC(CC)(CN)C(=O)NCCOc1ccc(Cl)cn1. The lowest BCUT2D eigenvalue weighted by molar-refractivity contribution is -0.131. The van der Waals surface area contributed by atoms with Gasteiger partial charge in [-0.15, -0.1) is 0 Å². The molecule has 3 N–H and O–H groups in total. The Bertz CT molecular complexity index is 411. The van der Waals surface area contributed by atoms with Crippen LogP contribution in [0, 0.1) is 5.41 Å². The number of hydrogen-bond acceptors (Lipinski definition) is 4. The van der Waals surface area contributed by atoms with Crippen LogP contribution in [0.4, 0.5) is 0 Å². The van der Waals surface area contributed by atoms with Crippen molar-refractivity contribution >= 4 is 17.5 Å². The van der Waals surface area contributed by atoms with Crippen molar-refractivity contribution in [1.82, 2.24) is 10.3 Å². The van der Waals surface area contributed by atoms with Gasteiger partial charge in [-0.3, -0.25) is 4.79 Å². The van der Waals surface area contributed by atoms with E-state index in [0.717, 1.165) is 12.8 Å². The van der Waals surface area contributed by atoms with Crippen LogP contribution in [0.25, 0.3) is 0 Å². The fourth-order valence-corrected chi connectivity index (χ4v) is 2.02. The lowest BCUT2D eigenvalue weighted by atomic mass is 9.81. The molecule has 6 heteroatoms. The second kappa shape index (κ2) is 8.07. The van der Waals surface area contributed by atoms with E-state index in [-0.39, 0.29) is 5.91 Å². The zero-order valence-corrected chi connectivity index (χ0v) is 12.7. The van der Waals surface area contributed by atoms with Gasteiger partial charge in [0.1, 0.15) is 6.61 Å². The Balaban J connectivity index is 2.36. The van der Waals surface area contributed by atoms with Crippen molar-refractivity contribution in [3.8, 4) is 5.88 Å². The van der Waals surface area contributed by atoms with Crippen molar-refractivity contribution in [2.75, 3.05) is 19.7 Å². The first-order valence-corrected chi connectivity index (χ1v) is 7.18. The highest BCUT2D eigenvalue weighted by atomic mass is 35.5. The third-order valence-electron chi connectivity index (χ3n) is 3.56. The highest BCUT2D eigenvalue weighted by molar-refractivity contribution is 6.30. The second-order valence-corrected chi connectivity index (χ2v) is 5.05. The number of rotatable bonds is 8. The van der Waals surface area contributed by atoms with Gasteiger partial charge < -0.3 is 15.8 Å². The first-order valence-electron chi connectivity index (χ1n) is 6.80. The van der Waals surface area contributed by atoms with Gasteiger partial charge in [0.25, 0.3) is 0 Å². The molecule has 0 atom stereocenters. The van der Waals surface area contributed by atoms with Gasteiger partial charge in [-0.05, 0) is 18.9 Å². The van der Waals surface area contributed by atoms with E-state index >= 15 is 0 Å². The molecule has 0 unspecified atom stereocenters. The van der Waals surface area contributed by atoms with Crippen LogP contribution in [-0.4, -0.2) is 30.6 Å². The first kappa shape index (κ1) is 16.7. The number of nitrogens with zero attached hydrogens (tertiary/aromatic N) is 1. The maximum atomic E-state index is 12.1. The molecular formula is C14H22ClN3O2. The Morgan fingerprint density at radius 1 is 1.45 bits per heavy atom. The quantitative estimate of drug-likeness (QED) is 0.720. The smallest absolute Gasteiger partial charge is 0.227 e. The average molecular weight is 300 g/mol. The van der Waals surface area contributed by atoms with Crippen LogP contribution in [0.5, 0.6) is 5.88 Å². The Morgan fingerprint density at radius 2 is 2.15 bits per heavy atom. The van der Waals surface area contributed by atoms with E-state index in [0.29, 0.717) is 30.6 Å². The summed E-state index contributed by atoms with van der Waals surface area (Å²) in [6.45, 7) is 5.08. The predicted octanol–water partition coefficient (Wildman–Crippen LogP) is 2.00. The van der Waals surface area contributed by atoms with Crippen LogP contribution < -0.4 is 15.8 Å². The molecule has 1 rings (SSSR count). The molecule has 5 nitrogen and oxygen atoms in total. The highest BCUT2D eigenvalue weighted by Crippen LogP contribution is 2.24. The summed E-state index contributed by atoms with van der Waals surface area (Å²) >= 11 is 5.73. The normalized spacial score (nSPS) is 11.2. The molecule has 0 aromatic carbocycles. The number of hydrogen-bond donors (Lipinski definition) is 2. The molecular weight excluding hydrogens is 278 g/mol. The van der Waals surface area contributed by atoms with E-state index in [1.807, 2.05) is 13.8 Å². The number of pyridine rings is 1. The van der Waals surface area contributed by atoms with Crippen LogP contribution in [0.1, 0.15) is 26.7 Å². The zero-order chi connectivity index (χ0) is 15.0. The summed E-state index contributed by atoms with van der Waals surface area (Å²) < 4.78 is 5.41. The minimum absolute atomic E-state index is 0.0161. The molecule has 0 aliphatic rings. The number of nitrogens with two attached hydrogens (primary N) is 1. The number of ether oxygens (including phenoxy) is 1. The maximum Gasteiger partial charge on any atom is 0.227 e. The molecule has 0 aliphatic heterocycles. The monoisotopic (exact) mass is 299 g/mol. The highest BCUT2D eigenvalue weighted by Gasteiger charge is 2.32. The van der Waals surface area contributed by atoms with Crippen LogP contribution in [0.3, 0.4) is 0 Å². The fourth-order valence-electron chi connectivity index (χ4n) is 1.91. The lowest BCUT2D eigenvalue weighted by Crippen LogP contribution is -2.46. The largest absolute Gasteiger partial charge is 0.476 e. The fraction of sp³-hybridized carbons (Fsp3) is 0.571. The van der Waals surface area contributed by atoms with Crippen molar-refractivity contribution in [2.45, 2.75) is 26.7 Å². The molecule has 0 bridgehead atoms. The van der Waals surface area contributed by atoms with Crippen molar-refractivity contribution in [1.29, 1.82) is 0 Å². The number of halogens is 1. The summed E-state index contributed by atoms with van der Waals surface area (Å²) in [6, 6.07) is 3.39. The summed E-state index contributed by atoms with van der Waals surface area (Å²) in [6.07, 6.45) is 2.97. The van der Waals surface area contributed by atoms with E-state index in [1.54, 1.807) is 12.1 Å². The van der Waals surface area contributed by atoms with Crippen molar-refractivity contribution in [3.05, 3.63) is 23.4 Å². The summed E-state index contributed by atoms with van der Waals surface area (Å²) in [7, 11) is 0. The predicted molar refractivity (Wildman–Crippen MR) is 79.8 cm³/mol. The van der Waals surface area contributed by atoms with Crippen molar-refractivity contribution in [3.63, 3.8) is 0 Å². The molecule has 1 aromatic heterocycles. The number of nitrogens with one attached hydrogen (secondary N) is 1. The van der Waals surface area contributed by atoms with E-state index in [1.165, 1.54) is 6.20 Å². The Morgan fingerprint density at radius 3 is 2.65 bits per heavy atom. The Hall–Kier alpha value is -1.33. The first-order chi connectivity index (χ1) is 9.57. The van der Waals surface area contributed by atoms with E-state index in [9.17, 15) is 4.79 Å². The summed E-state index contributed by atoms with van der Waals surface area (Å²) in [5, 5.41) is 3.42. The van der Waals surface area contributed by atoms with Crippen molar-refractivity contribution < 1.29 is 9.53 Å². The van der Waals surface area contributed by atoms with Gasteiger partial charge in [-0.25, -0.2) is 4.98 Å². The molecule has 1 aromatic rings. The van der Waals surface area contributed by atoms with Gasteiger partial charge in [-0.1, -0.05) is 25.4 Å². The molecule has 0 saturated carbocycles. The Labute approximate surface area is 124 Å². The second-order valence-electron chi connectivity index (χ2n) is 4.61. The number of amides is 1. The van der Waals surface area contributed by atoms with Gasteiger partial charge in [0.15, 0.2) is 0 Å². The number of aromatic nitrogens is 1. The molecule has 20 heavy (non-hydrogen) atoms. The van der Waals surface area contributed by atoms with Crippen LogP contribution >= 0.6 is 11.6 Å². The third-order valence-corrected chi connectivity index (χ3v) is 3.79.